The van der Waals surface area contributed by atoms with E-state index in [1.165, 1.54) is 40.7 Å². The molecule has 1 aliphatic rings. The van der Waals surface area contributed by atoms with E-state index in [2.05, 4.69) is 5.32 Å². The van der Waals surface area contributed by atoms with Crippen LogP contribution in [0, 0.1) is 5.82 Å². The van der Waals surface area contributed by atoms with E-state index < -0.39 is 10.0 Å². The molecule has 2 aromatic carbocycles. The molecule has 3 rings (SSSR count). The molecule has 1 amide bonds. The summed E-state index contributed by atoms with van der Waals surface area (Å²) < 4.78 is 40.3. The minimum Gasteiger partial charge on any atom is -0.346 e. The van der Waals surface area contributed by atoms with Crippen LogP contribution in [0.25, 0.3) is 0 Å². The van der Waals surface area contributed by atoms with Crippen molar-refractivity contribution < 1.29 is 17.6 Å². The number of amides is 1. The van der Waals surface area contributed by atoms with Crippen LogP contribution in [0.15, 0.2) is 53.4 Å². The third-order valence-corrected chi connectivity index (χ3v) is 7.52. The first-order chi connectivity index (χ1) is 13.8. The molecule has 1 atom stereocenters. The second-order valence-electron chi connectivity index (χ2n) is 7.58. The predicted octanol–water partition coefficient (Wildman–Crippen LogP) is 4.27. The lowest BCUT2D eigenvalue weighted by atomic mass is 9.96. The van der Waals surface area contributed by atoms with Gasteiger partial charge in [0.15, 0.2) is 0 Å². The van der Waals surface area contributed by atoms with Gasteiger partial charge in [-0.15, -0.1) is 0 Å². The number of nitrogens with zero attached hydrogens (tertiary/aromatic N) is 1. The normalized spacial score (nSPS) is 16.6. The van der Waals surface area contributed by atoms with Crippen molar-refractivity contribution in [2.24, 2.45) is 0 Å². The van der Waals surface area contributed by atoms with Crippen LogP contribution in [0.3, 0.4) is 0 Å². The van der Waals surface area contributed by atoms with E-state index in [0.717, 1.165) is 37.7 Å². The molecule has 0 radical (unpaired) electrons. The summed E-state index contributed by atoms with van der Waals surface area (Å²) in [6.45, 7) is 1.81. The zero-order chi connectivity index (χ0) is 21.0. The lowest BCUT2D eigenvalue weighted by Gasteiger charge is -2.30. The molecule has 1 aliphatic carbocycles. The maximum absolute atomic E-state index is 13.0. The fourth-order valence-electron chi connectivity index (χ4n) is 3.70. The van der Waals surface area contributed by atoms with Crippen LogP contribution in [0.2, 0.25) is 0 Å². The number of benzene rings is 2. The number of hydrogen-bond donors (Lipinski definition) is 1. The second kappa shape index (κ2) is 9.05. The third-order valence-electron chi connectivity index (χ3n) is 5.60. The number of sulfonamides is 1. The van der Waals surface area contributed by atoms with Crippen LogP contribution in [-0.4, -0.2) is 31.7 Å². The van der Waals surface area contributed by atoms with E-state index in [4.69, 9.17) is 0 Å². The molecule has 1 saturated carbocycles. The molecule has 1 unspecified atom stereocenters. The number of halogens is 1. The average molecular weight is 419 g/mol. The summed E-state index contributed by atoms with van der Waals surface area (Å²) in [6, 6.07) is 11.7. The highest BCUT2D eigenvalue weighted by atomic mass is 32.2. The van der Waals surface area contributed by atoms with Gasteiger partial charge in [-0.2, -0.15) is 4.31 Å². The summed E-state index contributed by atoms with van der Waals surface area (Å²) in [5, 5.41) is 2.84. The first kappa shape index (κ1) is 21.5. The van der Waals surface area contributed by atoms with Crippen LogP contribution >= 0.6 is 0 Å². The van der Waals surface area contributed by atoms with Crippen molar-refractivity contribution >= 4 is 15.9 Å². The van der Waals surface area contributed by atoms with Crippen molar-refractivity contribution in [3.63, 3.8) is 0 Å². The standard InChI is InChI=1S/C22H27FN2O3S/c1-16(17-8-12-19(23)13-9-17)24-22(26)18-10-14-21(15-11-18)29(27,28)25(2)20-6-4-3-5-7-20/h8-16,20H,3-7H2,1-2H3,(H,24,26). The van der Waals surface area contributed by atoms with Gasteiger partial charge in [-0.25, -0.2) is 12.8 Å². The molecule has 2 aromatic rings. The zero-order valence-electron chi connectivity index (χ0n) is 16.8. The molecule has 0 aromatic heterocycles. The molecular weight excluding hydrogens is 391 g/mol. The van der Waals surface area contributed by atoms with E-state index in [9.17, 15) is 17.6 Å². The Morgan fingerprint density at radius 2 is 1.62 bits per heavy atom. The maximum atomic E-state index is 13.0. The van der Waals surface area contributed by atoms with Gasteiger partial charge in [-0.1, -0.05) is 31.4 Å². The SMILES string of the molecule is CC(NC(=O)c1ccc(S(=O)(=O)N(C)C2CCCCC2)cc1)c1ccc(F)cc1. The zero-order valence-corrected chi connectivity index (χ0v) is 17.6. The summed E-state index contributed by atoms with van der Waals surface area (Å²) in [7, 11) is -1.95. The van der Waals surface area contributed by atoms with Gasteiger partial charge in [-0.05, 0) is 61.7 Å². The van der Waals surface area contributed by atoms with E-state index in [1.807, 2.05) is 6.92 Å². The number of hydrogen-bond acceptors (Lipinski definition) is 3. The minimum absolute atomic E-state index is 0.0354. The number of rotatable bonds is 6. The Morgan fingerprint density at radius 3 is 2.21 bits per heavy atom. The summed E-state index contributed by atoms with van der Waals surface area (Å²) in [5.41, 5.74) is 1.16. The van der Waals surface area contributed by atoms with Gasteiger partial charge in [-0.3, -0.25) is 4.79 Å². The van der Waals surface area contributed by atoms with Crippen LogP contribution in [-0.2, 0) is 10.0 Å². The van der Waals surface area contributed by atoms with Crippen molar-refractivity contribution in [1.29, 1.82) is 0 Å². The van der Waals surface area contributed by atoms with Crippen molar-refractivity contribution in [3.8, 4) is 0 Å². The summed E-state index contributed by atoms with van der Waals surface area (Å²) in [6.07, 6.45) is 5.03. The number of carbonyl (C=O) groups excluding carboxylic acids is 1. The van der Waals surface area contributed by atoms with E-state index in [-0.39, 0.29) is 28.7 Å². The van der Waals surface area contributed by atoms with Crippen molar-refractivity contribution in [3.05, 3.63) is 65.5 Å². The van der Waals surface area contributed by atoms with Gasteiger partial charge in [0.1, 0.15) is 5.82 Å². The molecule has 7 heteroatoms. The number of carbonyl (C=O) groups is 1. The molecule has 0 bridgehead atoms. The van der Waals surface area contributed by atoms with Crippen LogP contribution < -0.4 is 5.32 Å². The summed E-state index contributed by atoms with van der Waals surface area (Å²) in [5.74, 6) is -0.645. The number of nitrogens with one attached hydrogen (secondary N) is 1. The lowest BCUT2D eigenvalue weighted by Crippen LogP contribution is -2.38. The molecule has 1 fully saturated rings. The molecule has 0 heterocycles. The molecular formula is C22H27FN2O3S. The second-order valence-corrected chi connectivity index (χ2v) is 9.58. The van der Waals surface area contributed by atoms with E-state index in [1.54, 1.807) is 19.2 Å². The fraction of sp³-hybridized carbons (Fsp3) is 0.409. The topological polar surface area (TPSA) is 66.5 Å². The Hall–Kier alpha value is -2.25. The summed E-state index contributed by atoms with van der Waals surface area (Å²) in [4.78, 5) is 12.7. The molecule has 29 heavy (non-hydrogen) atoms. The largest absolute Gasteiger partial charge is 0.346 e. The highest BCUT2D eigenvalue weighted by molar-refractivity contribution is 7.89. The van der Waals surface area contributed by atoms with E-state index >= 15 is 0 Å². The smallest absolute Gasteiger partial charge is 0.251 e. The Balaban J connectivity index is 1.68. The minimum atomic E-state index is -3.59. The molecule has 0 spiro atoms. The summed E-state index contributed by atoms with van der Waals surface area (Å²) >= 11 is 0. The lowest BCUT2D eigenvalue weighted by molar-refractivity contribution is 0.0939. The Bertz CT molecular complexity index is 937. The molecule has 0 saturated heterocycles. The Kier molecular flexibility index (Phi) is 6.70. The van der Waals surface area contributed by atoms with Gasteiger partial charge >= 0.3 is 0 Å². The molecule has 5 nitrogen and oxygen atoms in total. The maximum Gasteiger partial charge on any atom is 0.251 e. The van der Waals surface area contributed by atoms with Gasteiger partial charge in [0.2, 0.25) is 10.0 Å². The quantitative estimate of drug-likeness (QED) is 0.762. The average Bonchev–Trinajstić information content (AvgIpc) is 2.74. The van der Waals surface area contributed by atoms with Crippen molar-refractivity contribution in [2.75, 3.05) is 7.05 Å². The van der Waals surface area contributed by atoms with E-state index in [0.29, 0.717) is 5.56 Å². The van der Waals surface area contributed by atoms with Crippen LogP contribution in [0.4, 0.5) is 4.39 Å². The van der Waals surface area contributed by atoms with Crippen molar-refractivity contribution in [1.82, 2.24) is 9.62 Å². The third kappa shape index (κ3) is 5.03. The van der Waals surface area contributed by atoms with Crippen LogP contribution in [0.1, 0.15) is 61.0 Å². The molecule has 1 N–H and O–H groups in total. The highest BCUT2D eigenvalue weighted by Crippen LogP contribution is 2.26. The predicted molar refractivity (Wildman–Crippen MR) is 111 cm³/mol. The van der Waals surface area contributed by atoms with Gasteiger partial charge in [0, 0.05) is 18.7 Å². The van der Waals surface area contributed by atoms with Gasteiger partial charge < -0.3 is 5.32 Å². The van der Waals surface area contributed by atoms with Gasteiger partial charge in [0.05, 0.1) is 10.9 Å². The van der Waals surface area contributed by atoms with Gasteiger partial charge in [0.25, 0.3) is 5.91 Å². The van der Waals surface area contributed by atoms with Crippen molar-refractivity contribution in [2.45, 2.75) is 56.0 Å². The first-order valence-corrected chi connectivity index (χ1v) is 11.4. The monoisotopic (exact) mass is 418 g/mol. The fourth-order valence-corrected chi connectivity index (χ4v) is 5.12. The molecule has 0 aliphatic heterocycles. The first-order valence-electron chi connectivity index (χ1n) is 9.93. The Morgan fingerprint density at radius 1 is 1.03 bits per heavy atom. The molecule has 156 valence electrons. The highest BCUT2D eigenvalue weighted by Gasteiger charge is 2.29. The Labute approximate surface area is 172 Å². The van der Waals surface area contributed by atoms with Crippen LogP contribution in [0.5, 0.6) is 0 Å².